The number of allylic oxidation sites excluding steroid dienone is 6. The highest BCUT2D eigenvalue weighted by Crippen LogP contribution is 2.30. The second kappa shape index (κ2) is 12.0. The maximum Gasteiger partial charge on any atom is 0.0525 e. The summed E-state index contributed by atoms with van der Waals surface area (Å²) in [5.74, 6) is 0.359. The molecule has 0 radical (unpaired) electrons. The normalized spacial score (nSPS) is 20.1. The molecule has 0 heterocycles. The first-order valence-corrected chi connectivity index (χ1v) is 12.4. The van der Waals surface area contributed by atoms with Crippen molar-refractivity contribution < 1.29 is 0 Å². The molecule has 0 saturated carbocycles. The van der Waals surface area contributed by atoms with Gasteiger partial charge in [0.25, 0.3) is 0 Å². The van der Waals surface area contributed by atoms with Gasteiger partial charge in [0, 0.05) is 11.4 Å². The molecule has 0 spiro atoms. The Labute approximate surface area is 205 Å². The summed E-state index contributed by atoms with van der Waals surface area (Å²) < 4.78 is 0. The van der Waals surface area contributed by atoms with Crippen LogP contribution in [-0.4, -0.2) is 6.04 Å². The van der Waals surface area contributed by atoms with E-state index in [0.717, 1.165) is 19.3 Å². The molecule has 0 saturated heterocycles. The Kier molecular flexibility index (Phi) is 8.35. The summed E-state index contributed by atoms with van der Waals surface area (Å²) in [4.78, 5) is 2.49. The smallest absolute Gasteiger partial charge is 0.0525 e. The number of nitrogens with zero attached hydrogens (tertiary/aromatic N) is 1. The van der Waals surface area contributed by atoms with E-state index in [1.165, 1.54) is 28.1 Å². The molecule has 3 aromatic rings. The van der Waals surface area contributed by atoms with Crippen molar-refractivity contribution in [3.63, 3.8) is 0 Å². The molecular weight excluding hydrogens is 410 g/mol. The first-order valence-electron chi connectivity index (χ1n) is 12.4. The molecular formula is C33H35N. The Hall–Kier alpha value is -3.58. The van der Waals surface area contributed by atoms with Crippen LogP contribution in [0.3, 0.4) is 0 Å². The van der Waals surface area contributed by atoms with Gasteiger partial charge in [-0.3, -0.25) is 0 Å². The molecule has 1 aliphatic carbocycles. The van der Waals surface area contributed by atoms with Crippen LogP contribution in [0, 0.1) is 0 Å². The van der Waals surface area contributed by atoms with E-state index in [1.54, 1.807) is 0 Å². The number of hydrogen-bond acceptors (Lipinski definition) is 1. The Morgan fingerprint density at radius 1 is 0.882 bits per heavy atom. The molecule has 4 rings (SSSR count). The van der Waals surface area contributed by atoms with Crippen LogP contribution in [0.1, 0.15) is 50.2 Å². The number of hydrogen-bond donors (Lipinski definition) is 0. The standard InChI is InChI=1S/C33H35N/c1-3-31(26-25-27(2)28-15-7-4-8-16-28)34(32-21-11-6-12-22-32)33-23-13-19-30(20-14-24-33)29-17-9-5-10-18-29/h3-13,15-18,20-23,25-27,33H,14,19,24H2,1-2H3/b23-13-,26-25-,30-20+,31-3+/t27-,33?/m0/s1. The average molecular weight is 446 g/mol. The van der Waals surface area contributed by atoms with Crippen molar-refractivity contribution in [2.24, 2.45) is 0 Å². The van der Waals surface area contributed by atoms with Crippen LogP contribution in [0.15, 0.2) is 133 Å². The zero-order valence-electron chi connectivity index (χ0n) is 20.3. The first kappa shape index (κ1) is 23.6. The lowest BCUT2D eigenvalue weighted by molar-refractivity contribution is 0.688. The highest BCUT2D eigenvalue weighted by Gasteiger charge is 2.20. The topological polar surface area (TPSA) is 3.24 Å². The molecule has 1 aliphatic rings. The molecule has 3 aromatic carbocycles. The van der Waals surface area contributed by atoms with Crippen LogP contribution in [0.5, 0.6) is 0 Å². The molecule has 0 amide bonds. The minimum Gasteiger partial charge on any atom is -0.335 e. The lowest BCUT2D eigenvalue weighted by Gasteiger charge is -2.34. The van der Waals surface area contributed by atoms with Crippen molar-refractivity contribution in [1.82, 2.24) is 0 Å². The number of para-hydroxylation sites is 1. The Balaban J connectivity index is 1.58. The molecule has 1 unspecified atom stereocenters. The monoisotopic (exact) mass is 445 g/mol. The predicted octanol–water partition coefficient (Wildman–Crippen LogP) is 8.95. The van der Waals surface area contributed by atoms with E-state index >= 15 is 0 Å². The largest absolute Gasteiger partial charge is 0.335 e. The van der Waals surface area contributed by atoms with Gasteiger partial charge in [-0.25, -0.2) is 0 Å². The molecule has 2 atom stereocenters. The molecule has 0 fully saturated rings. The summed E-state index contributed by atoms with van der Waals surface area (Å²) in [6.07, 6.45) is 17.1. The molecule has 0 bridgehead atoms. The fraction of sp³-hybridized carbons (Fsp3) is 0.212. The van der Waals surface area contributed by atoms with E-state index < -0.39 is 0 Å². The van der Waals surface area contributed by atoms with Crippen molar-refractivity contribution in [3.05, 3.63) is 144 Å². The van der Waals surface area contributed by atoms with Crippen molar-refractivity contribution in [2.75, 3.05) is 4.90 Å². The minimum absolute atomic E-state index is 0.304. The second-order valence-electron chi connectivity index (χ2n) is 8.85. The summed E-state index contributed by atoms with van der Waals surface area (Å²) in [5, 5.41) is 0. The molecule has 172 valence electrons. The minimum atomic E-state index is 0.304. The highest BCUT2D eigenvalue weighted by atomic mass is 15.2. The van der Waals surface area contributed by atoms with Crippen LogP contribution in [0.2, 0.25) is 0 Å². The molecule has 0 aliphatic heterocycles. The van der Waals surface area contributed by atoms with Gasteiger partial charge >= 0.3 is 0 Å². The van der Waals surface area contributed by atoms with Gasteiger partial charge in [-0.15, -0.1) is 0 Å². The molecule has 1 heteroatoms. The van der Waals surface area contributed by atoms with Gasteiger partial charge in [0.2, 0.25) is 0 Å². The van der Waals surface area contributed by atoms with Crippen LogP contribution in [0.4, 0.5) is 5.69 Å². The SMILES string of the molecule is C/C=C(\C=C/[C@H](C)c1ccccc1)N(c1ccccc1)C1/C=C\C/C(c2ccccc2)=C\CC1. The van der Waals surface area contributed by atoms with Crippen molar-refractivity contribution in [1.29, 1.82) is 0 Å². The third kappa shape index (κ3) is 6.05. The van der Waals surface area contributed by atoms with Crippen molar-refractivity contribution in [3.8, 4) is 0 Å². The summed E-state index contributed by atoms with van der Waals surface area (Å²) >= 11 is 0. The molecule has 0 N–H and O–H groups in total. The van der Waals surface area contributed by atoms with E-state index in [-0.39, 0.29) is 0 Å². The number of rotatable bonds is 7. The Morgan fingerprint density at radius 3 is 2.21 bits per heavy atom. The Bertz CT molecular complexity index is 1140. The van der Waals surface area contributed by atoms with E-state index in [0.29, 0.717) is 12.0 Å². The van der Waals surface area contributed by atoms with Crippen LogP contribution < -0.4 is 4.90 Å². The number of anilines is 1. The first-order chi connectivity index (χ1) is 16.8. The van der Waals surface area contributed by atoms with Crippen molar-refractivity contribution >= 4 is 11.3 Å². The maximum atomic E-state index is 2.49. The van der Waals surface area contributed by atoms with Crippen LogP contribution >= 0.6 is 0 Å². The Morgan fingerprint density at radius 2 is 1.53 bits per heavy atom. The van der Waals surface area contributed by atoms with E-state index in [9.17, 15) is 0 Å². The zero-order chi connectivity index (χ0) is 23.6. The second-order valence-corrected chi connectivity index (χ2v) is 8.85. The molecule has 1 nitrogen and oxygen atoms in total. The average Bonchev–Trinajstić information content (AvgIpc) is 2.88. The van der Waals surface area contributed by atoms with Gasteiger partial charge in [0.05, 0.1) is 6.04 Å². The van der Waals surface area contributed by atoms with Gasteiger partial charge in [0.15, 0.2) is 0 Å². The maximum absolute atomic E-state index is 2.49. The third-order valence-electron chi connectivity index (χ3n) is 6.51. The summed E-state index contributed by atoms with van der Waals surface area (Å²) in [6, 6.07) is 32.6. The number of benzene rings is 3. The summed E-state index contributed by atoms with van der Waals surface area (Å²) in [7, 11) is 0. The van der Waals surface area contributed by atoms with Gasteiger partial charge in [-0.05, 0) is 67.0 Å². The van der Waals surface area contributed by atoms with Gasteiger partial charge in [0.1, 0.15) is 0 Å². The van der Waals surface area contributed by atoms with Gasteiger partial charge < -0.3 is 4.90 Å². The summed E-state index contributed by atoms with van der Waals surface area (Å²) in [5.41, 5.74) is 6.55. The molecule has 0 aromatic heterocycles. The fourth-order valence-corrected chi connectivity index (χ4v) is 4.61. The summed E-state index contributed by atoms with van der Waals surface area (Å²) in [6.45, 7) is 4.40. The van der Waals surface area contributed by atoms with E-state index in [1.807, 2.05) is 0 Å². The quantitative estimate of drug-likeness (QED) is 0.259. The fourth-order valence-electron chi connectivity index (χ4n) is 4.61. The molecule has 34 heavy (non-hydrogen) atoms. The van der Waals surface area contributed by atoms with E-state index in [2.05, 4.69) is 146 Å². The lowest BCUT2D eigenvalue weighted by atomic mass is 9.95. The van der Waals surface area contributed by atoms with Crippen LogP contribution in [-0.2, 0) is 0 Å². The third-order valence-corrected chi connectivity index (χ3v) is 6.51. The van der Waals surface area contributed by atoms with Crippen LogP contribution in [0.25, 0.3) is 5.57 Å². The van der Waals surface area contributed by atoms with Gasteiger partial charge in [-0.2, -0.15) is 0 Å². The zero-order valence-corrected chi connectivity index (χ0v) is 20.3. The van der Waals surface area contributed by atoms with E-state index in [4.69, 9.17) is 0 Å². The lowest BCUT2D eigenvalue weighted by Crippen LogP contribution is -2.33. The van der Waals surface area contributed by atoms with Gasteiger partial charge in [-0.1, -0.05) is 116 Å². The van der Waals surface area contributed by atoms with Crippen molar-refractivity contribution in [2.45, 2.75) is 45.1 Å². The predicted molar refractivity (Wildman–Crippen MR) is 148 cm³/mol. The highest BCUT2D eigenvalue weighted by molar-refractivity contribution is 5.67.